The monoisotopic (exact) mass is 549 g/mol. The molecule has 4 atom stereocenters. The van der Waals surface area contributed by atoms with Gasteiger partial charge in [-0.3, -0.25) is 24.3 Å². The van der Waals surface area contributed by atoms with Gasteiger partial charge in [0.2, 0.25) is 5.78 Å². The number of Topliss-reactive ketones (excluding diaryl/α,β-unsaturated/α-hetero) is 2. The van der Waals surface area contributed by atoms with Crippen LogP contribution in [0.1, 0.15) is 41.9 Å². The first-order chi connectivity index (χ1) is 18.8. The average molecular weight is 550 g/mol. The van der Waals surface area contributed by atoms with E-state index in [-0.39, 0.29) is 29.7 Å². The second-order valence-electron chi connectivity index (χ2n) is 11.0. The van der Waals surface area contributed by atoms with Gasteiger partial charge in [-0.25, -0.2) is 0 Å². The first kappa shape index (κ1) is 27.4. The molecule has 1 aromatic carbocycles. The predicted molar refractivity (Wildman–Crippen MR) is 144 cm³/mol. The molecule has 5 rings (SSSR count). The molecule has 11 heteroatoms. The molecule has 40 heavy (non-hydrogen) atoms. The second kappa shape index (κ2) is 9.17. The van der Waals surface area contributed by atoms with Gasteiger partial charge < -0.3 is 30.6 Å². The van der Waals surface area contributed by atoms with Gasteiger partial charge in [0.25, 0.3) is 5.91 Å². The molecule has 3 aliphatic carbocycles. The number of hydrogen-bond donors (Lipinski definition) is 5. The fourth-order valence-corrected chi connectivity index (χ4v) is 6.81. The maximum Gasteiger partial charge on any atom is 0.255 e. The molecule has 0 saturated heterocycles. The number of nitrogens with zero attached hydrogens (tertiary/aromatic N) is 2. The van der Waals surface area contributed by atoms with E-state index in [9.17, 15) is 34.8 Å². The van der Waals surface area contributed by atoms with Gasteiger partial charge in [-0.05, 0) is 69.6 Å². The molecule has 0 aliphatic heterocycles. The van der Waals surface area contributed by atoms with Crippen molar-refractivity contribution in [2.24, 2.45) is 22.1 Å². The number of carbonyl (C=O) groups is 3. The number of amides is 1. The summed E-state index contributed by atoms with van der Waals surface area (Å²) in [5, 5.41) is 45.3. The van der Waals surface area contributed by atoms with Crippen LogP contribution in [0.3, 0.4) is 0 Å². The Bertz CT molecular complexity index is 1560. The van der Waals surface area contributed by atoms with Crippen molar-refractivity contribution in [3.05, 3.63) is 63.8 Å². The number of nitrogens with two attached hydrogens (primary N) is 1. The summed E-state index contributed by atoms with van der Waals surface area (Å²) in [6.07, 6.45) is 1.71. The third-order valence-corrected chi connectivity index (χ3v) is 8.45. The molecule has 2 aromatic rings. The number of carbonyl (C=O) groups excluding carboxylic acids is 3. The van der Waals surface area contributed by atoms with Crippen LogP contribution in [0.2, 0.25) is 0 Å². The number of phenols is 1. The van der Waals surface area contributed by atoms with Crippen molar-refractivity contribution < 1.29 is 39.2 Å². The standard InChI is InChI=1S/C29H31N3O8/c1-5-31-12-14-6-9-18(40-14)15-7-8-17(33)20-16(15)10-13-11-28(2)24(32(3)4)23(35)21(27(30)38)26(37)29(28,39)25(36)19(13)22(20)34/h6-9,12-13,24,33,35-36,39H,5,10-11H2,1-4H3,(H2,30,38)/b31-12+/t13-,24?,28?,29-/m0/s1. The van der Waals surface area contributed by atoms with Gasteiger partial charge >= 0.3 is 0 Å². The SMILES string of the molecule is CC/N=C/c1ccc(-c2ccc(O)c3c2C[C@H]2CC4(C)C(N(C)C)C(O)=C(C(N)=O)C(=O)[C@@]4(O)C(O)=C2C3=O)o1. The lowest BCUT2D eigenvalue weighted by atomic mass is 9.51. The van der Waals surface area contributed by atoms with E-state index >= 15 is 0 Å². The zero-order valence-electron chi connectivity index (χ0n) is 22.6. The number of hydrogen-bond acceptors (Lipinski definition) is 10. The molecule has 1 amide bonds. The van der Waals surface area contributed by atoms with Crippen LogP contribution in [0.4, 0.5) is 0 Å². The van der Waals surface area contributed by atoms with Crippen LogP contribution < -0.4 is 5.73 Å². The summed E-state index contributed by atoms with van der Waals surface area (Å²) in [5.41, 5.74) is 0.988. The number of aliphatic imine (C=N–C) groups is 1. The highest BCUT2D eigenvalue weighted by Gasteiger charge is 2.69. The topological polar surface area (TPSA) is 187 Å². The number of aliphatic hydroxyl groups is 3. The van der Waals surface area contributed by atoms with Crippen LogP contribution in [0.15, 0.2) is 56.3 Å². The molecule has 6 N–H and O–H groups in total. The van der Waals surface area contributed by atoms with Gasteiger partial charge in [-0.1, -0.05) is 6.92 Å². The number of likely N-dealkylation sites (N-methyl/N-ethyl adjacent to an activating group) is 1. The van der Waals surface area contributed by atoms with Crippen molar-refractivity contribution in [1.82, 2.24) is 4.90 Å². The number of primary amides is 1. The maximum absolute atomic E-state index is 13.9. The van der Waals surface area contributed by atoms with E-state index in [1.54, 1.807) is 38.5 Å². The summed E-state index contributed by atoms with van der Waals surface area (Å²) in [5.74, 6) is -4.91. The first-order valence-electron chi connectivity index (χ1n) is 12.9. The lowest BCUT2D eigenvalue weighted by Crippen LogP contribution is -2.69. The summed E-state index contributed by atoms with van der Waals surface area (Å²) in [6, 6.07) is 5.34. The summed E-state index contributed by atoms with van der Waals surface area (Å²) < 4.78 is 5.92. The molecule has 1 aromatic heterocycles. The van der Waals surface area contributed by atoms with Crippen molar-refractivity contribution in [3.8, 4) is 17.1 Å². The van der Waals surface area contributed by atoms with Gasteiger partial charge in [-0.15, -0.1) is 0 Å². The Kier molecular flexibility index (Phi) is 6.27. The average Bonchev–Trinajstić information content (AvgIpc) is 3.33. The number of benzene rings is 1. The van der Waals surface area contributed by atoms with Crippen molar-refractivity contribution >= 4 is 23.7 Å². The highest BCUT2D eigenvalue weighted by atomic mass is 16.4. The van der Waals surface area contributed by atoms with E-state index in [0.717, 1.165) is 0 Å². The lowest BCUT2D eigenvalue weighted by molar-refractivity contribution is -0.165. The van der Waals surface area contributed by atoms with E-state index in [2.05, 4.69) is 4.99 Å². The van der Waals surface area contributed by atoms with E-state index in [0.29, 0.717) is 29.2 Å². The zero-order chi connectivity index (χ0) is 29.3. The largest absolute Gasteiger partial charge is 0.510 e. The Labute approximate surface area is 229 Å². The molecule has 0 radical (unpaired) electrons. The van der Waals surface area contributed by atoms with Gasteiger partial charge in [-0.2, -0.15) is 0 Å². The molecule has 11 nitrogen and oxygen atoms in total. The summed E-state index contributed by atoms with van der Waals surface area (Å²) in [4.78, 5) is 45.4. The minimum Gasteiger partial charge on any atom is -0.510 e. The normalized spacial score (nSPS) is 28.2. The van der Waals surface area contributed by atoms with Crippen LogP contribution in [0, 0.1) is 11.3 Å². The van der Waals surface area contributed by atoms with Gasteiger partial charge in [0.15, 0.2) is 11.4 Å². The maximum atomic E-state index is 13.9. The molecule has 0 spiro atoms. The highest BCUT2D eigenvalue weighted by Crippen LogP contribution is 2.59. The van der Waals surface area contributed by atoms with E-state index in [4.69, 9.17) is 10.2 Å². The van der Waals surface area contributed by atoms with E-state index in [1.807, 2.05) is 6.92 Å². The quantitative estimate of drug-likeness (QED) is 0.275. The molecule has 0 bridgehead atoms. The summed E-state index contributed by atoms with van der Waals surface area (Å²) in [6.45, 7) is 3.98. The van der Waals surface area contributed by atoms with Crippen LogP contribution in [-0.4, -0.2) is 81.3 Å². The Morgan fingerprint density at radius 3 is 2.52 bits per heavy atom. The summed E-state index contributed by atoms with van der Waals surface area (Å²) in [7, 11) is 3.18. The molecule has 0 saturated carbocycles. The highest BCUT2D eigenvalue weighted by molar-refractivity contribution is 6.25. The molecular weight excluding hydrogens is 518 g/mol. The molecular formula is C29H31N3O8. The fraction of sp³-hybridized carbons (Fsp3) is 0.379. The third kappa shape index (κ3) is 3.50. The lowest BCUT2D eigenvalue weighted by Gasteiger charge is -2.56. The smallest absolute Gasteiger partial charge is 0.255 e. The van der Waals surface area contributed by atoms with Crippen LogP contribution in [0.25, 0.3) is 11.3 Å². The van der Waals surface area contributed by atoms with E-state index < -0.39 is 57.5 Å². The van der Waals surface area contributed by atoms with Crippen molar-refractivity contribution in [2.75, 3.05) is 20.6 Å². The van der Waals surface area contributed by atoms with E-state index in [1.165, 1.54) is 17.9 Å². The first-order valence-corrected chi connectivity index (χ1v) is 12.9. The number of rotatable bonds is 5. The number of ketones is 2. The Morgan fingerprint density at radius 2 is 1.90 bits per heavy atom. The zero-order valence-corrected chi connectivity index (χ0v) is 22.6. The second-order valence-corrected chi connectivity index (χ2v) is 11.0. The predicted octanol–water partition coefficient (Wildman–Crippen LogP) is 2.21. The molecule has 3 aliphatic rings. The van der Waals surface area contributed by atoms with Crippen molar-refractivity contribution in [2.45, 2.75) is 38.3 Å². The molecule has 1 heterocycles. The summed E-state index contributed by atoms with van der Waals surface area (Å²) >= 11 is 0. The molecule has 2 unspecified atom stereocenters. The molecule has 210 valence electrons. The Morgan fingerprint density at radius 1 is 1.20 bits per heavy atom. The Hall–Kier alpha value is -4.22. The molecule has 0 fully saturated rings. The fourth-order valence-electron chi connectivity index (χ4n) is 6.81. The van der Waals surface area contributed by atoms with Gasteiger partial charge in [0, 0.05) is 23.1 Å². The number of aliphatic hydroxyl groups excluding tert-OH is 2. The van der Waals surface area contributed by atoms with Crippen LogP contribution >= 0.6 is 0 Å². The number of allylic oxidation sites excluding steroid dienone is 1. The third-order valence-electron chi connectivity index (χ3n) is 8.45. The number of aromatic hydroxyl groups is 1. The number of furan rings is 1. The minimum atomic E-state index is -2.74. The van der Waals surface area contributed by atoms with Gasteiger partial charge in [0.05, 0.1) is 17.8 Å². The number of phenolic OH excluding ortho intramolecular Hbond substituents is 1. The Balaban J connectivity index is 1.72. The van der Waals surface area contributed by atoms with Crippen LogP contribution in [-0.2, 0) is 16.0 Å². The number of fused-ring (bicyclic) bond motifs is 3. The van der Waals surface area contributed by atoms with Crippen molar-refractivity contribution in [1.29, 1.82) is 0 Å². The van der Waals surface area contributed by atoms with Gasteiger partial charge in [0.1, 0.15) is 34.4 Å². The minimum absolute atomic E-state index is 0.0274. The van der Waals surface area contributed by atoms with Crippen LogP contribution in [0.5, 0.6) is 5.75 Å². The van der Waals surface area contributed by atoms with Crippen molar-refractivity contribution in [3.63, 3.8) is 0 Å².